The van der Waals surface area contributed by atoms with Crippen molar-refractivity contribution < 1.29 is 9.09 Å². The number of hydrogen-bond acceptors (Lipinski definition) is 2. The van der Waals surface area contributed by atoms with Crippen molar-refractivity contribution in [3.8, 4) is 5.75 Å². The van der Waals surface area contributed by atoms with Crippen molar-refractivity contribution in [2.75, 3.05) is 12.3 Å². The van der Waals surface area contributed by atoms with Crippen LogP contribution in [0.15, 0.2) is 30.3 Å². The molecule has 5 heteroatoms. The third-order valence-electron chi connectivity index (χ3n) is 2.31. The Morgan fingerprint density at radius 2 is 1.67 bits per heavy atom. The van der Waals surface area contributed by atoms with E-state index in [0.29, 0.717) is 18.1 Å². The molecule has 0 saturated carbocycles. The maximum absolute atomic E-state index is 12.3. The summed E-state index contributed by atoms with van der Waals surface area (Å²) in [6.07, 6.45) is 1.19. The summed E-state index contributed by atoms with van der Waals surface area (Å²) < 4.78 is 17.9. The minimum Gasteiger partial charge on any atom is -0.443 e. The van der Waals surface area contributed by atoms with Crippen LogP contribution >= 0.6 is 39.2 Å². The molecule has 2 atom stereocenters. The lowest BCUT2D eigenvalue weighted by molar-refractivity contribution is 0.488. The van der Waals surface area contributed by atoms with Gasteiger partial charge in [-0.2, -0.15) is 0 Å². The summed E-state index contributed by atoms with van der Waals surface area (Å²) in [4.78, 5) is 0.485. The highest BCUT2D eigenvalue weighted by molar-refractivity contribution is 9.12. The Labute approximate surface area is 106 Å². The Bertz CT molecular complexity index is 368. The maximum atomic E-state index is 12.3. The molecule has 1 aromatic rings. The van der Waals surface area contributed by atoms with Crippen LogP contribution in [0, 0.1) is 0 Å². The van der Waals surface area contributed by atoms with Crippen LogP contribution in [-0.4, -0.2) is 22.0 Å². The second-order valence-electron chi connectivity index (χ2n) is 3.62. The Morgan fingerprint density at radius 3 is 2.20 bits per heavy atom. The van der Waals surface area contributed by atoms with Gasteiger partial charge in [-0.15, -0.1) is 0 Å². The minimum absolute atomic E-state index is 0.243. The molecule has 2 rings (SSSR count). The molecule has 0 aromatic heterocycles. The zero-order valence-corrected chi connectivity index (χ0v) is 12.0. The fourth-order valence-electron chi connectivity index (χ4n) is 1.58. The summed E-state index contributed by atoms with van der Waals surface area (Å²) in [5, 5.41) is 0. The second kappa shape index (κ2) is 4.60. The molecular formula is C10H11Br2O2P. The first kappa shape index (κ1) is 11.7. The van der Waals surface area contributed by atoms with E-state index >= 15 is 0 Å². The molecule has 1 fully saturated rings. The predicted molar refractivity (Wildman–Crippen MR) is 69.8 cm³/mol. The zero-order chi connectivity index (χ0) is 10.9. The Morgan fingerprint density at radius 1 is 1.13 bits per heavy atom. The van der Waals surface area contributed by atoms with Crippen molar-refractivity contribution in [2.24, 2.45) is 0 Å². The molecule has 0 bridgehead atoms. The number of rotatable bonds is 2. The molecule has 1 aliphatic rings. The van der Waals surface area contributed by atoms with Crippen molar-refractivity contribution in [1.29, 1.82) is 0 Å². The standard InChI is InChI=1S/C10H11Br2O2P/c11-9-6-15(13,7-10(9)12)14-8-4-2-1-3-5-8/h1-5,9-10H,6-7H2. The van der Waals surface area contributed by atoms with E-state index in [9.17, 15) is 4.57 Å². The monoisotopic (exact) mass is 352 g/mol. The molecule has 0 spiro atoms. The summed E-state index contributed by atoms with van der Waals surface area (Å²) in [7, 11) is -2.50. The van der Waals surface area contributed by atoms with Gasteiger partial charge in [0.15, 0.2) is 0 Å². The lowest BCUT2D eigenvalue weighted by Crippen LogP contribution is -2.08. The molecule has 1 aliphatic heterocycles. The summed E-state index contributed by atoms with van der Waals surface area (Å²) in [6.45, 7) is 0. The molecule has 82 valence electrons. The topological polar surface area (TPSA) is 26.3 Å². The van der Waals surface area contributed by atoms with E-state index in [-0.39, 0.29) is 9.65 Å². The summed E-state index contributed by atoms with van der Waals surface area (Å²) in [5.41, 5.74) is 0. The molecule has 1 aromatic carbocycles. The van der Waals surface area contributed by atoms with Crippen molar-refractivity contribution in [3.05, 3.63) is 30.3 Å². The fraction of sp³-hybridized carbons (Fsp3) is 0.400. The number of hydrogen-bond donors (Lipinski definition) is 0. The lowest BCUT2D eigenvalue weighted by Gasteiger charge is -2.13. The van der Waals surface area contributed by atoms with E-state index in [1.165, 1.54) is 0 Å². The SMILES string of the molecule is O=P1(Oc2ccccc2)CC(Br)C(Br)C1. The molecule has 0 aliphatic carbocycles. The lowest BCUT2D eigenvalue weighted by atomic mass is 10.3. The predicted octanol–water partition coefficient (Wildman–Crippen LogP) is 3.88. The summed E-state index contributed by atoms with van der Waals surface area (Å²) in [6, 6.07) is 9.36. The highest BCUT2D eigenvalue weighted by Crippen LogP contribution is 2.56. The van der Waals surface area contributed by atoms with E-state index in [1.807, 2.05) is 30.3 Å². The third-order valence-corrected chi connectivity index (χ3v) is 8.39. The van der Waals surface area contributed by atoms with Gasteiger partial charge in [-0.25, -0.2) is 0 Å². The Balaban J connectivity index is 2.10. The van der Waals surface area contributed by atoms with Crippen molar-refractivity contribution in [1.82, 2.24) is 0 Å². The first-order valence-electron chi connectivity index (χ1n) is 4.70. The second-order valence-corrected chi connectivity index (χ2v) is 8.51. The van der Waals surface area contributed by atoms with Gasteiger partial charge in [-0.3, -0.25) is 4.57 Å². The van der Waals surface area contributed by atoms with Gasteiger partial charge in [0, 0.05) is 22.0 Å². The minimum atomic E-state index is -2.50. The van der Waals surface area contributed by atoms with Gasteiger partial charge in [0.25, 0.3) is 0 Å². The number of alkyl halides is 2. The van der Waals surface area contributed by atoms with Crippen LogP contribution in [0.4, 0.5) is 0 Å². The van der Waals surface area contributed by atoms with Gasteiger partial charge >= 0.3 is 0 Å². The average molecular weight is 354 g/mol. The van der Waals surface area contributed by atoms with E-state index in [2.05, 4.69) is 31.9 Å². The van der Waals surface area contributed by atoms with Crippen LogP contribution < -0.4 is 4.52 Å². The van der Waals surface area contributed by atoms with Crippen LogP contribution in [0.3, 0.4) is 0 Å². The van der Waals surface area contributed by atoms with Crippen molar-refractivity contribution in [2.45, 2.75) is 9.65 Å². The molecule has 0 amide bonds. The van der Waals surface area contributed by atoms with Crippen molar-refractivity contribution >= 4 is 39.2 Å². The highest BCUT2D eigenvalue weighted by atomic mass is 79.9. The van der Waals surface area contributed by atoms with Gasteiger partial charge in [0.05, 0.1) is 0 Å². The van der Waals surface area contributed by atoms with Gasteiger partial charge in [-0.05, 0) is 12.1 Å². The van der Waals surface area contributed by atoms with E-state index in [4.69, 9.17) is 4.52 Å². The van der Waals surface area contributed by atoms with Crippen LogP contribution in [0.25, 0.3) is 0 Å². The quantitative estimate of drug-likeness (QED) is 0.595. The highest BCUT2D eigenvalue weighted by Gasteiger charge is 2.41. The molecule has 15 heavy (non-hydrogen) atoms. The molecule has 1 heterocycles. The smallest absolute Gasteiger partial charge is 0.250 e. The molecule has 2 unspecified atom stereocenters. The average Bonchev–Trinajstić information content (AvgIpc) is 2.42. The Hall–Kier alpha value is 0.210. The van der Waals surface area contributed by atoms with E-state index in [1.54, 1.807) is 0 Å². The number of benzene rings is 1. The summed E-state index contributed by atoms with van der Waals surface area (Å²) >= 11 is 6.99. The molecule has 2 nitrogen and oxygen atoms in total. The first-order valence-corrected chi connectivity index (χ1v) is 8.53. The molecule has 0 N–H and O–H groups in total. The first-order chi connectivity index (χ1) is 7.09. The molecular weight excluding hydrogens is 343 g/mol. The number of para-hydroxylation sites is 1. The van der Waals surface area contributed by atoms with Crippen LogP contribution in [-0.2, 0) is 4.57 Å². The number of halogens is 2. The fourth-order valence-corrected chi connectivity index (χ4v) is 7.56. The maximum Gasteiger partial charge on any atom is 0.250 e. The van der Waals surface area contributed by atoms with Crippen LogP contribution in [0.5, 0.6) is 5.75 Å². The molecule has 1 saturated heterocycles. The summed E-state index contributed by atoms with van der Waals surface area (Å²) in [5.74, 6) is 0.696. The Kier molecular flexibility index (Phi) is 3.59. The largest absolute Gasteiger partial charge is 0.443 e. The van der Waals surface area contributed by atoms with E-state index in [0.717, 1.165) is 0 Å². The van der Waals surface area contributed by atoms with Gasteiger partial charge < -0.3 is 4.52 Å². The van der Waals surface area contributed by atoms with E-state index < -0.39 is 7.37 Å². The van der Waals surface area contributed by atoms with Crippen LogP contribution in [0.1, 0.15) is 0 Å². The van der Waals surface area contributed by atoms with Crippen molar-refractivity contribution in [3.63, 3.8) is 0 Å². The van der Waals surface area contributed by atoms with Crippen LogP contribution in [0.2, 0.25) is 0 Å². The van der Waals surface area contributed by atoms with Gasteiger partial charge in [0.1, 0.15) is 5.75 Å². The van der Waals surface area contributed by atoms with Gasteiger partial charge in [0.2, 0.25) is 7.37 Å². The van der Waals surface area contributed by atoms with Gasteiger partial charge in [-0.1, -0.05) is 50.1 Å². The molecule has 0 radical (unpaired) electrons. The zero-order valence-electron chi connectivity index (χ0n) is 7.98. The third kappa shape index (κ3) is 2.86. The normalized spacial score (nSPS) is 35.3.